The highest BCUT2D eigenvalue weighted by atomic mass is 16.6. The van der Waals surface area contributed by atoms with Crippen LogP contribution in [0.15, 0.2) is 0 Å². The Labute approximate surface area is 77.8 Å². The molecule has 0 aromatic carbocycles. The van der Waals surface area contributed by atoms with Crippen molar-refractivity contribution < 1.29 is 19.4 Å². The Hall–Kier alpha value is -0.610. The van der Waals surface area contributed by atoms with Gasteiger partial charge in [-0.05, 0) is 20.8 Å². The highest BCUT2D eigenvalue weighted by molar-refractivity contribution is 5.80. The molecule has 0 radical (unpaired) electrons. The summed E-state index contributed by atoms with van der Waals surface area (Å²) in [6, 6.07) is 0. The molecule has 76 valence electrons. The second-order valence-corrected chi connectivity index (χ2v) is 3.44. The predicted molar refractivity (Wildman–Crippen MR) is 46.2 cm³/mol. The van der Waals surface area contributed by atoms with Gasteiger partial charge in [-0.2, -0.15) is 0 Å². The lowest BCUT2D eigenvalue weighted by molar-refractivity contribution is -0.169. The van der Waals surface area contributed by atoms with Crippen molar-refractivity contribution in [3.63, 3.8) is 0 Å². The van der Waals surface area contributed by atoms with Gasteiger partial charge in [0.25, 0.3) is 0 Å². The van der Waals surface area contributed by atoms with E-state index < -0.39 is 17.7 Å². The molecule has 0 bridgehead atoms. The lowest BCUT2D eigenvalue weighted by atomic mass is 9.95. The van der Waals surface area contributed by atoms with Gasteiger partial charge in [-0.3, -0.25) is 0 Å². The average Bonchev–Trinajstić information content (AvgIpc) is 2.28. The maximum Gasteiger partial charge on any atom is 0.340 e. The summed E-state index contributed by atoms with van der Waals surface area (Å²) in [4.78, 5) is 11.4. The van der Waals surface area contributed by atoms with Gasteiger partial charge in [0.15, 0.2) is 5.60 Å². The lowest BCUT2D eigenvalue weighted by Gasteiger charge is -2.22. The summed E-state index contributed by atoms with van der Waals surface area (Å²) in [6.45, 7) is 5.50. The number of esters is 1. The molecule has 1 aliphatic rings. The summed E-state index contributed by atoms with van der Waals surface area (Å²) in [7, 11) is 0. The first-order valence-electron chi connectivity index (χ1n) is 4.55. The van der Waals surface area contributed by atoms with Crippen molar-refractivity contribution in [3.05, 3.63) is 0 Å². The van der Waals surface area contributed by atoms with Gasteiger partial charge in [-0.25, -0.2) is 4.79 Å². The molecule has 13 heavy (non-hydrogen) atoms. The van der Waals surface area contributed by atoms with Crippen LogP contribution >= 0.6 is 0 Å². The average molecular weight is 188 g/mol. The van der Waals surface area contributed by atoms with Crippen LogP contribution in [0, 0.1) is 0 Å². The number of ether oxygens (including phenoxy) is 2. The van der Waals surface area contributed by atoms with Gasteiger partial charge in [0.05, 0.1) is 18.8 Å². The topological polar surface area (TPSA) is 55.8 Å². The minimum atomic E-state index is -1.45. The molecule has 0 aliphatic carbocycles. The van der Waals surface area contributed by atoms with Gasteiger partial charge < -0.3 is 14.6 Å². The molecule has 0 aromatic rings. The molecule has 4 nitrogen and oxygen atoms in total. The zero-order chi connectivity index (χ0) is 10.1. The first kappa shape index (κ1) is 10.5. The van der Waals surface area contributed by atoms with E-state index in [1.54, 1.807) is 13.8 Å². The highest BCUT2D eigenvalue weighted by Gasteiger charge is 2.50. The molecular formula is C9H16O4. The summed E-state index contributed by atoms with van der Waals surface area (Å²) in [6.07, 6.45) is -0.265. The first-order valence-corrected chi connectivity index (χ1v) is 4.55. The van der Waals surface area contributed by atoms with E-state index in [-0.39, 0.29) is 12.7 Å². The molecule has 1 saturated heterocycles. The standard InChI is InChI=1S/C9H16O4/c1-4-12-8(10)9(11)5-6(2)13-7(9)3/h6-7,11H,4-5H2,1-3H3. The zero-order valence-corrected chi connectivity index (χ0v) is 8.24. The van der Waals surface area contributed by atoms with Crippen molar-refractivity contribution in [2.24, 2.45) is 0 Å². The predicted octanol–water partition coefficient (Wildman–Crippen LogP) is 0.478. The van der Waals surface area contributed by atoms with Gasteiger partial charge >= 0.3 is 5.97 Å². The van der Waals surface area contributed by atoms with Crippen LogP contribution in [0.4, 0.5) is 0 Å². The largest absolute Gasteiger partial charge is 0.464 e. The van der Waals surface area contributed by atoms with Crippen LogP contribution < -0.4 is 0 Å². The fourth-order valence-corrected chi connectivity index (χ4v) is 1.62. The summed E-state index contributed by atoms with van der Waals surface area (Å²) in [5, 5.41) is 9.93. The van der Waals surface area contributed by atoms with Crippen LogP contribution in [0.5, 0.6) is 0 Å². The van der Waals surface area contributed by atoms with Crippen molar-refractivity contribution in [1.29, 1.82) is 0 Å². The molecule has 0 saturated carbocycles. The minimum absolute atomic E-state index is 0.0931. The number of rotatable bonds is 2. The Kier molecular flexibility index (Phi) is 2.93. The molecule has 1 aliphatic heterocycles. The molecule has 1 rings (SSSR count). The van der Waals surface area contributed by atoms with Gasteiger partial charge in [0.2, 0.25) is 0 Å². The van der Waals surface area contributed by atoms with E-state index in [2.05, 4.69) is 0 Å². The third kappa shape index (κ3) is 1.84. The SMILES string of the molecule is CCOC(=O)C1(O)CC(C)OC1C. The van der Waals surface area contributed by atoms with E-state index in [9.17, 15) is 9.90 Å². The first-order chi connectivity index (χ1) is 6.00. The fraction of sp³-hybridized carbons (Fsp3) is 0.889. The molecule has 1 N–H and O–H groups in total. The monoisotopic (exact) mass is 188 g/mol. The number of hydrogen-bond acceptors (Lipinski definition) is 4. The maximum absolute atomic E-state index is 11.4. The van der Waals surface area contributed by atoms with Crippen LogP contribution in [0.25, 0.3) is 0 Å². The van der Waals surface area contributed by atoms with Gasteiger partial charge in [0.1, 0.15) is 0 Å². The second kappa shape index (κ2) is 3.64. The Morgan fingerprint density at radius 2 is 2.31 bits per heavy atom. The summed E-state index contributed by atoms with van der Waals surface area (Å²) < 4.78 is 10.1. The normalized spacial score (nSPS) is 39.1. The van der Waals surface area contributed by atoms with E-state index in [1.165, 1.54) is 0 Å². The molecule has 0 aromatic heterocycles. The van der Waals surface area contributed by atoms with Crippen LogP contribution in [0.3, 0.4) is 0 Å². The Morgan fingerprint density at radius 1 is 1.69 bits per heavy atom. The van der Waals surface area contributed by atoms with Crippen molar-refractivity contribution in [2.75, 3.05) is 6.61 Å². The van der Waals surface area contributed by atoms with Crippen molar-refractivity contribution in [3.8, 4) is 0 Å². The third-order valence-corrected chi connectivity index (χ3v) is 2.34. The van der Waals surface area contributed by atoms with Crippen LogP contribution in [-0.4, -0.2) is 35.5 Å². The van der Waals surface area contributed by atoms with Crippen LogP contribution in [0.1, 0.15) is 27.2 Å². The summed E-state index contributed by atoms with van der Waals surface area (Å²) >= 11 is 0. The van der Waals surface area contributed by atoms with E-state index in [4.69, 9.17) is 9.47 Å². The minimum Gasteiger partial charge on any atom is -0.464 e. The number of hydrogen-bond donors (Lipinski definition) is 1. The molecular weight excluding hydrogens is 172 g/mol. The Balaban J connectivity index is 2.69. The molecule has 3 unspecified atom stereocenters. The molecule has 1 heterocycles. The number of carbonyl (C=O) groups is 1. The zero-order valence-electron chi connectivity index (χ0n) is 8.24. The van der Waals surface area contributed by atoms with Crippen LogP contribution in [-0.2, 0) is 14.3 Å². The molecule has 4 heteroatoms. The van der Waals surface area contributed by atoms with Crippen LogP contribution in [0.2, 0.25) is 0 Å². The summed E-state index contributed by atoms with van der Waals surface area (Å²) in [5.41, 5.74) is -1.45. The van der Waals surface area contributed by atoms with Crippen molar-refractivity contribution >= 4 is 5.97 Å². The second-order valence-electron chi connectivity index (χ2n) is 3.44. The molecule has 1 fully saturated rings. The van der Waals surface area contributed by atoms with Gasteiger partial charge in [-0.1, -0.05) is 0 Å². The summed E-state index contributed by atoms with van der Waals surface area (Å²) in [5.74, 6) is -0.577. The lowest BCUT2D eigenvalue weighted by Crippen LogP contribution is -2.45. The van der Waals surface area contributed by atoms with Crippen molar-refractivity contribution in [1.82, 2.24) is 0 Å². The van der Waals surface area contributed by atoms with E-state index >= 15 is 0 Å². The molecule has 0 spiro atoms. The Morgan fingerprint density at radius 3 is 2.69 bits per heavy atom. The smallest absolute Gasteiger partial charge is 0.340 e. The third-order valence-electron chi connectivity index (χ3n) is 2.34. The van der Waals surface area contributed by atoms with Gasteiger partial charge in [-0.15, -0.1) is 0 Å². The van der Waals surface area contributed by atoms with E-state index in [1.807, 2.05) is 6.92 Å². The fourth-order valence-electron chi connectivity index (χ4n) is 1.62. The maximum atomic E-state index is 11.4. The van der Waals surface area contributed by atoms with Gasteiger partial charge in [0, 0.05) is 6.42 Å². The van der Waals surface area contributed by atoms with Crippen molar-refractivity contribution in [2.45, 2.75) is 45.0 Å². The molecule has 3 atom stereocenters. The van der Waals surface area contributed by atoms with E-state index in [0.29, 0.717) is 6.42 Å². The number of aliphatic hydroxyl groups is 1. The Bertz CT molecular complexity index is 204. The molecule has 0 amide bonds. The van der Waals surface area contributed by atoms with E-state index in [0.717, 1.165) is 0 Å². The quantitative estimate of drug-likeness (QED) is 0.640. The number of carbonyl (C=O) groups excluding carboxylic acids is 1. The highest BCUT2D eigenvalue weighted by Crippen LogP contribution is 2.31.